The van der Waals surface area contributed by atoms with E-state index in [-0.39, 0.29) is 49.1 Å². The van der Waals surface area contributed by atoms with Gasteiger partial charge in [0.25, 0.3) is 5.91 Å². The van der Waals surface area contributed by atoms with Gasteiger partial charge in [-0.3, -0.25) is 4.79 Å². The number of aromatic carboxylic acids is 1. The molecule has 3 aromatic rings. The monoisotopic (exact) mass is 424 g/mol. The molecule has 0 aliphatic carbocycles. The van der Waals surface area contributed by atoms with Crippen LogP contribution in [0.1, 0.15) is 20.8 Å². The number of nitrogens with zero attached hydrogens (tertiary/aromatic N) is 1. The fraction of sp³-hybridized carbons (Fsp3) is 0. The van der Waals surface area contributed by atoms with E-state index in [0.29, 0.717) is 0 Å². The molecule has 0 spiro atoms. The molecule has 0 unspecified atom stereocenters. The molecule has 1 heterocycles. The quantitative estimate of drug-likeness (QED) is 0.458. The molecule has 27 heavy (non-hydrogen) atoms. The maximum atomic E-state index is 12.4. The van der Waals surface area contributed by atoms with Crippen molar-refractivity contribution in [3.8, 4) is 22.1 Å². The number of rotatable bonds is 4. The first-order valence-electron chi connectivity index (χ1n) is 7.28. The molecular weight excluding hydrogens is 415 g/mol. The third-order valence-electron chi connectivity index (χ3n) is 3.50. The normalized spacial score (nSPS) is 10.6. The Balaban J connectivity index is 1.99. The van der Waals surface area contributed by atoms with Gasteiger partial charge in [0.15, 0.2) is 5.69 Å². The minimum atomic E-state index is -1.19. The highest BCUT2D eigenvalue weighted by Crippen LogP contribution is 2.41. The summed E-state index contributed by atoms with van der Waals surface area (Å²) in [5.41, 5.74) is 0.149. The summed E-state index contributed by atoms with van der Waals surface area (Å²) in [5, 5.41) is 32.7. The number of benzene rings is 2. The Morgan fingerprint density at radius 3 is 2.52 bits per heavy atom. The van der Waals surface area contributed by atoms with Crippen LogP contribution in [0, 0.1) is 0 Å². The smallest absolute Gasteiger partial charge is 0.355 e. The first-order valence-corrected chi connectivity index (χ1v) is 8.92. The lowest BCUT2D eigenvalue weighted by Crippen LogP contribution is -2.12. The largest absolute Gasteiger partial charge is 0.508 e. The second-order valence-electron chi connectivity index (χ2n) is 5.28. The lowest BCUT2D eigenvalue weighted by molar-refractivity contribution is 0.0691. The van der Waals surface area contributed by atoms with E-state index in [9.17, 15) is 19.8 Å². The number of carbonyl (C=O) groups is 2. The van der Waals surface area contributed by atoms with Crippen LogP contribution in [0.25, 0.3) is 10.6 Å². The van der Waals surface area contributed by atoms with Crippen molar-refractivity contribution in [1.82, 2.24) is 4.98 Å². The van der Waals surface area contributed by atoms with Gasteiger partial charge < -0.3 is 20.6 Å². The lowest BCUT2D eigenvalue weighted by Gasteiger charge is -2.12. The maximum absolute atomic E-state index is 12.4. The zero-order valence-corrected chi connectivity index (χ0v) is 15.6. The molecule has 1 aromatic heterocycles. The van der Waals surface area contributed by atoms with Crippen LogP contribution in [0.2, 0.25) is 10.0 Å². The van der Waals surface area contributed by atoms with Crippen LogP contribution < -0.4 is 5.32 Å². The lowest BCUT2D eigenvalue weighted by atomic mass is 10.1. The minimum absolute atomic E-state index is 0.0572. The van der Waals surface area contributed by atoms with Crippen molar-refractivity contribution < 1.29 is 24.9 Å². The number of amides is 1. The summed E-state index contributed by atoms with van der Waals surface area (Å²) in [6.45, 7) is 0. The van der Waals surface area contributed by atoms with Gasteiger partial charge in [-0.2, -0.15) is 0 Å². The first-order chi connectivity index (χ1) is 12.8. The van der Waals surface area contributed by atoms with Gasteiger partial charge in [-0.05, 0) is 30.3 Å². The minimum Gasteiger partial charge on any atom is -0.508 e. The van der Waals surface area contributed by atoms with Crippen molar-refractivity contribution in [2.45, 2.75) is 0 Å². The number of hydrogen-bond acceptors (Lipinski definition) is 6. The molecule has 4 N–H and O–H groups in total. The average molecular weight is 425 g/mol. The van der Waals surface area contributed by atoms with E-state index in [4.69, 9.17) is 28.3 Å². The van der Waals surface area contributed by atoms with Crippen LogP contribution in [0.15, 0.2) is 35.7 Å². The Morgan fingerprint density at radius 2 is 1.85 bits per heavy atom. The molecule has 0 saturated carbocycles. The van der Waals surface area contributed by atoms with Crippen LogP contribution in [0.3, 0.4) is 0 Å². The Bertz CT molecular complexity index is 1070. The standard InChI is InChI=1S/C17H10Cl2N2O5S/c18-9-2-3-10(20-15(24)8-5-7(22)1-4-12(8)23)14(19)13(9)16-21-11(6-27-16)17(25)26/h1-6,22-23H,(H,20,24)(H,25,26). The van der Waals surface area contributed by atoms with E-state index in [1.165, 1.54) is 29.6 Å². The number of hydrogen-bond donors (Lipinski definition) is 4. The molecule has 7 nitrogen and oxygen atoms in total. The highest BCUT2D eigenvalue weighted by molar-refractivity contribution is 7.13. The van der Waals surface area contributed by atoms with E-state index >= 15 is 0 Å². The maximum Gasteiger partial charge on any atom is 0.355 e. The summed E-state index contributed by atoms with van der Waals surface area (Å²) in [6, 6.07) is 6.46. The Morgan fingerprint density at radius 1 is 1.11 bits per heavy atom. The Hall–Kier alpha value is -2.81. The van der Waals surface area contributed by atoms with Crippen LogP contribution in [0.4, 0.5) is 5.69 Å². The Kier molecular flexibility index (Phi) is 5.22. The molecule has 0 aliphatic rings. The summed E-state index contributed by atoms with van der Waals surface area (Å²) in [7, 11) is 0. The van der Waals surface area contributed by atoms with Crippen molar-refractivity contribution in [3.05, 3.63) is 57.0 Å². The van der Waals surface area contributed by atoms with Gasteiger partial charge in [-0.25, -0.2) is 9.78 Å². The molecular formula is C17H10Cl2N2O5S. The molecule has 0 saturated heterocycles. The van der Waals surface area contributed by atoms with Gasteiger partial charge in [0.2, 0.25) is 0 Å². The number of phenolic OH excluding ortho intramolecular Hbond substituents is 2. The summed E-state index contributed by atoms with van der Waals surface area (Å²) in [5.74, 6) is -2.40. The summed E-state index contributed by atoms with van der Waals surface area (Å²) < 4.78 is 0. The number of aromatic hydroxyl groups is 2. The number of aromatic nitrogens is 1. The SMILES string of the molecule is O=C(O)c1csc(-c2c(Cl)ccc(NC(=O)c3cc(O)ccc3O)c2Cl)n1. The number of carboxylic acid groups (broad SMARTS) is 1. The molecule has 138 valence electrons. The molecule has 0 bridgehead atoms. The molecule has 3 rings (SSSR count). The van der Waals surface area contributed by atoms with Crippen molar-refractivity contribution in [1.29, 1.82) is 0 Å². The van der Waals surface area contributed by atoms with Gasteiger partial charge in [0, 0.05) is 10.9 Å². The van der Waals surface area contributed by atoms with E-state index in [1.54, 1.807) is 0 Å². The van der Waals surface area contributed by atoms with Crippen LogP contribution in [0.5, 0.6) is 11.5 Å². The number of nitrogens with one attached hydrogen (secondary N) is 1. The second kappa shape index (κ2) is 7.43. The zero-order chi connectivity index (χ0) is 19.7. The number of phenols is 2. The highest BCUT2D eigenvalue weighted by Gasteiger charge is 2.20. The predicted molar refractivity (Wildman–Crippen MR) is 102 cm³/mol. The van der Waals surface area contributed by atoms with Gasteiger partial charge >= 0.3 is 5.97 Å². The van der Waals surface area contributed by atoms with Crippen LogP contribution in [-0.4, -0.2) is 32.2 Å². The molecule has 0 radical (unpaired) electrons. The van der Waals surface area contributed by atoms with E-state index < -0.39 is 11.9 Å². The van der Waals surface area contributed by atoms with Crippen molar-refractivity contribution in [3.63, 3.8) is 0 Å². The molecule has 0 atom stereocenters. The number of thiazole rings is 1. The van der Waals surface area contributed by atoms with Gasteiger partial charge in [-0.1, -0.05) is 23.2 Å². The topological polar surface area (TPSA) is 120 Å². The van der Waals surface area contributed by atoms with Crippen molar-refractivity contribution in [2.75, 3.05) is 5.32 Å². The average Bonchev–Trinajstić information content (AvgIpc) is 3.09. The van der Waals surface area contributed by atoms with E-state index in [2.05, 4.69) is 10.3 Å². The zero-order valence-electron chi connectivity index (χ0n) is 13.2. The summed E-state index contributed by atoms with van der Waals surface area (Å²) >= 11 is 13.6. The van der Waals surface area contributed by atoms with Gasteiger partial charge in [0.1, 0.15) is 16.5 Å². The molecule has 10 heteroatoms. The van der Waals surface area contributed by atoms with Crippen LogP contribution in [-0.2, 0) is 0 Å². The third kappa shape index (κ3) is 3.82. The highest BCUT2D eigenvalue weighted by atomic mass is 35.5. The molecule has 0 aliphatic heterocycles. The van der Waals surface area contributed by atoms with Crippen molar-refractivity contribution >= 4 is 52.1 Å². The molecule has 0 fully saturated rings. The van der Waals surface area contributed by atoms with Gasteiger partial charge in [0.05, 0.1) is 21.3 Å². The number of halogens is 2. The van der Waals surface area contributed by atoms with Gasteiger partial charge in [-0.15, -0.1) is 11.3 Å². The number of carboxylic acids is 1. The fourth-order valence-corrected chi connectivity index (χ4v) is 3.79. The number of carbonyl (C=O) groups excluding carboxylic acids is 1. The van der Waals surface area contributed by atoms with Crippen LogP contribution >= 0.6 is 34.5 Å². The molecule has 1 amide bonds. The molecule has 2 aromatic carbocycles. The Labute approximate surface area is 166 Å². The van der Waals surface area contributed by atoms with E-state index in [1.807, 2.05) is 0 Å². The van der Waals surface area contributed by atoms with Crippen molar-refractivity contribution in [2.24, 2.45) is 0 Å². The fourth-order valence-electron chi connectivity index (χ4n) is 2.23. The first kappa shape index (κ1) is 19.0. The third-order valence-corrected chi connectivity index (χ3v) is 5.07. The predicted octanol–water partition coefficient (Wildman–Crippen LogP) is 4.48. The van der Waals surface area contributed by atoms with E-state index in [0.717, 1.165) is 17.4 Å². The second-order valence-corrected chi connectivity index (χ2v) is 6.93. The number of anilines is 1. The summed E-state index contributed by atoms with van der Waals surface area (Å²) in [4.78, 5) is 27.4. The summed E-state index contributed by atoms with van der Waals surface area (Å²) in [6.07, 6.45) is 0.